The Bertz CT molecular complexity index is 767. The number of H-pyrrole nitrogens is 1. The van der Waals surface area contributed by atoms with Crippen LogP contribution >= 0.6 is 0 Å². The van der Waals surface area contributed by atoms with Crippen LogP contribution in [0.3, 0.4) is 0 Å². The number of carbonyl (C=O) groups is 1. The van der Waals surface area contributed by atoms with Gasteiger partial charge in [0.05, 0.1) is 23.7 Å². The lowest BCUT2D eigenvalue weighted by molar-refractivity contribution is -0.121. The molecule has 2 N–H and O–H groups in total. The van der Waals surface area contributed by atoms with Gasteiger partial charge < -0.3 is 15.0 Å². The third-order valence-electron chi connectivity index (χ3n) is 5.99. The molecule has 138 valence electrons. The Hall–Kier alpha value is -1.92. The van der Waals surface area contributed by atoms with Crippen LogP contribution in [-0.2, 0) is 16.0 Å². The average molecular weight is 354 g/mol. The normalized spacial score (nSPS) is 29.0. The van der Waals surface area contributed by atoms with E-state index < -0.39 is 0 Å². The molecule has 1 aromatic heterocycles. The van der Waals surface area contributed by atoms with E-state index in [4.69, 9.17) is 4.74 Å². The van der Waals surface area contributed by atoms with Crippen molar-refractivity contribution in [2.75, 3.05) is 19.7 Å². The summed E-state index contributed by atoms with van der Waals surface area (Å²) in [4.78, 5) is 22.7. The fourth-order valence-electron chi connectivity index (χ4n) is 4.41. The van der Waals surface area contributed by atoms with Gasteiger partial charge in [0.25, 0.3) is 0 Å². The number of amides is 1. The van der Waals surface area contributed by atoms with E-state index in [0.717, 1.165) is 48.9 Å². The van der Waals surface area contributed by atoms with Crippen molar-refractivity contribution < 1.29 is 9.53 Å². The van der Waals surface area contributed by atoms with Crippen molar-refractivity contribution in [1.29, 1.82) is 0 Å². The average Bonchev–Trinajstić information content (AvgIpc) is 3.28. The highest BCUT2D eigenvalue weighted by Crippen LogP contribution is 2.37. The topological polar surface area (TPSA) is 70.2 Å². The van der Waals surface area contributed by atoms with Crippen molar-refractivity contribution in [3.8, 4) is 0 Å². The molecule has 0 bridgehead atoms. The Kier molecular flexibility index (Phi) is 4.17. The van der Waals surface area contributed by atoms with Gasteiger partial charge >= 0.3 is 0 Å². The molecule has 2 aliphatic heterocycles. The summed E-state index contributed by atoms with van der Waals surface area (Å²) < 4.78 is 6.04. The fraction of sp³-hybridized carbons (Fsp3) is 0.600. The highest BCUT2D eigenvalue weighted by atomic mass is 16.5. The molecule has 3 heterocycles. The van der Waals surface area contributed by atoms with Gasteiger partial charge in [-0.1, -0.05) is 12.1 Å². The lowest BCUT2D eigenvalue weighted by atomic mass is 10.1. The Labute approximate surface area is 153 Å². The summed E-state index contributed by atoms with van der Waals surface area (Å²) in [5.41, 5.74) is 1.99. The number of para-hydroxylation sites is 2. The maximum atomic E-state index is 12.4. The number of ether oxygens (including phenoxy) is 1. The highest BCUT2D eigenvalue weighted by Gasteiger charge is 2.42. The zero-order chi connectivity index (χ0) is 17.5. The van der Waals surface area contributed by atoms with Crippen LogP contribution in [0, 0.1) is 5.92 Å². The van der Waals surface area contributed by atoms with Crippen molar-refractivity contribution in [3.63, 3.8) is 0 Å². The SMILES string of the molecule is O=C(CCc1nc2ccccc2[nH]1)N[C@H]1C[C@H]2CO[C@H](C3CC3)CN2C1. The van der Waals surface area contributed by atoms with Crippen molar-refractivity contribution >= 4 is 16.9 Å². The summed E-state index contributed by atoms with van der Waals surface area (Å²) >= 11 is 0. The molecule has 1 amide bonds. The molecule has 5 rings (SSSR count). The molecule has 26 heavy (non-hydrogen) atoms. The maximum absolute atomic E-state index is 12.4. The number of carbonyl (C=O) groups excluding carboxylic acids is 1. The molecule has 6 nitrogen and oxygen atoms in total. The number of hydrogen-bond donors (Lipinski definition) is 2. The van der Waals surface area contributed by atoms with Crippen molar-refractivity contribution in [2.45, 2.75) is 50.3 Å². The molecule has 0 spiro atoms. The first-order valence-electron chi connectivity index (χ1n) is 9.83. The molecule has 0 radical (unpaired) electrons. The van der Waals surface area contributed by atoms with E-state index in [9.17, 15) is 4.79 Å². The predicted octanol–water partition coefficient (Wildman–Crippen LogP) is 1.86. The molecule has 6 heteroatoms. The van der Waals surface area contributed by atoms with Crippen molar-refractivity contribution in [3.05, 3.63) is 30.1 Å². The molecule has 1 saturated carbocycles. The number of rotatable bonds is 5. The fourth-order valence-corrected chi connectivity index (χ4v) is 4.41. The number of aromatic amines is 1. The van der Waals surface area contributed by atoms with Crippen LogP contribution in [0.25, 0.3) is 11.0 Å². The minimum Gasteiger partial charge on any atom is -0.375 e. The van der Waals surface area contributed by atoms with Gasteiger partial charge in [-0.25, -0.2) is 4.98 Å². The number of nitrogens with one attached hydrogen (secondary N) is 2. The minimum atomic E-state index is 0.120. The second kappa shape index (κ2) is 6.67. The van der Waals surface area contributed by atoms with Gasteiger partial charge in [0.15, 0.2) is 0 Å². The zero-order valence-corrected chi connectivity index (χ0v) is 15.0. The van der Waals surface area contributed by atoms with Gasteiger partial charge in [0, 0.05) is 38.0 Å². The number of imidazole rings is 1. The van der Waals surface area contributed by atoms with Crippen molar-refractivity contribution in [1.82, 2.24) is 20.2 Å². The Morgan fingerprint density at radius 2 is 2.19 bits per heavy atom. The summed E-state index contributed by atoms with van der Waals surface area (Å²) in [6, 6.07) is 8.70. The van der Waals surface area contributed by atoms with Gasteiger partial charge in [-0.3, -0.25) is 9.69 Å². The molecule has 0 unspecified atom stereocenters. The van der Waals surface area contributed by atoms with E-state index in [1.165, 1.54) is 12.8 Å². The van der Waals surface area contributed by atoms with E-state index in [2.05, 4.69) is 20.2 Å². The Morgan fingerprint density at radius 1 is 1.31 bits per heavy atom. The molecule has 3 aliphatic rings. The van der Waals surface area contributed by atoms with E-state index in [1.807, 2.05) is 24.3 Å². The molecule has 1 aromatic carbocycles. The second-order valence-electron chi connectivity index (χ2n) is 8.02. The first-order chi connectivity index (χ1) is 12.7. The van der Waals surface area contributed by atoms with Crippen LogP contribution in [0.1, 0.15) is 31.5 Å². The van der Waals surface area contributed by atoms with Crippen LogP contribution in [0.4, 0.5) is 0 Å². The third-order valence-corrected chi connectivity index (χ3v) is 5.99. The van der Waals surface area contributed by atoms with Gasteiger partial charge in [-0.15, -0.1) is 0 Å². The summed E-state index contributed by atoms with van der Waals surface area (Å²) in [6.07, 6.45) is 5.20. The van der Waals surface area contributed by atoms with E-state index in [1.54, 1.807) is 0 Å². The number of morpholine rings is 1. The lowest BCUT2D eigenvalue weighted by Gasteiger charge is -2.35. The third kappa shape index (κ3) is 3.35. The van der Waals surface area contributed by atoms with E-state index >= 15 is 0 Å². The molecule has 3 fully saturated rings. The zero-order valence-electron chi connectivity index (χ0n) is 15.0. The smallest absolute Gasteiger partial charge is 0.220 e. The standard InChI is InChI=1S/C20H26N4O2/c25-20(8-7-19-22-16-3-1-2-4-17(16)23-19)21-14-9-15-12-26-18(13-5-6-13)11-24(15)10-14/h1-4,13-15,18H,5-12H2,(H,21,25)(H,22,23)/t14-,15-,18-/m0/s1. The molecule has 2 saturated heterocycles. The number of nitrogens with zero attached hydrogens (tertiary/aromatic N) is 2. The first-order valence-corrected chi connectivity index (χ1v) is 9.83. The summed E-state index contributed by atoms with van der Waals surface area (Å²) in [6.45, 7) is 2.83. The van der Waals surface area contributed by atoms with Crippen LogP contribution in [-0.4, -0.2) is 58.7 Å². The predicted molar refractivity (Wildman–Crippen MR) is 98.8 cm³/mol. The number of aryl methyl sites for hydroxylation is 1. The summed E-state index contributed by atoms with van der Waals surface area (Å²) in [5.74, 6) is 1.79. The Balaban J connectivity index is 1.11. The lowest BCUT2D eigenvalue weighted by Crippen LogP contribution is -2.47. The number of hydrogen-bond acceptors (Lipinski definition) is 4. The minimum absolute atomic E-state index is 0.120. The van der Waals surface area contributed by atoms with Gasteiger partial charge in [0.2, 0.25) is 5.91 Å². The van der Waals surface area contributed by atoms with E-state index in [0.29, 0.717) is 25.0 Å². The van der Waals surface area contributed by atoms with Crippen LogP contribution in [0.5, 0.6) is 0 Å². The van der Waals surface area contributed by atoms with Crippen molar-refractivity contribution in [2.24, 2.45) is 5.92 Å². The highest BCUT2D eigenvalue weighted by molar-refractivity contribution is 5.77. The summed E-state index contributed by atoms with van der Waals surface area (Å²) in [5, 5.41) is 3.22. The number of benzene rings is 1. The molecular formula is C20H26N4O2. The van der Waals surface area contributed by atoms with Gasteiger partial charge in [-0.05, 0) is 37.3 Å². The number of fused-ring (bicyclic) bond motifs is 2. The second-order valence-corrected chi connectivity index (χ2v) is 8.02. The van der Waals surface area contributed by atoms with Gasteiger partial charge in [0.1, 0.15) is 5.82 Å². The van der Waals surface area contributed by atoms with E-state index in [-0.39, 0.29) is 11.9 Å². The largest absolute Gasteiger partial charge is 0.375 e. The quantitative estimate of drug-likeness (QED) is 0.860. The maximum Gasteiger partial charge on any atom is 0.220 e. The van der Waals surface area contributed by atoms with Crippen LogP contribution in [0.15, 0.2) is 24.3 Å². The monoisotopic (exact) mass is 354 g/mol. The summed E-state index contributed by atoms with van der Waals surface area (Å²) in [7, 11) is 0. The Morgan fingerprint density at radius 3 is 3.04 bits per heavy atom. The number of aromatic nitrogens is 2. The molecule has 1 aliphatic carbocycles. The van der Waals surface area contributed by atoms with Crippen LogP contribution < -0.4 is 5.32 Å². The first kappa shape index (κ1) is 16.3. The molecule has 2 aromatic rings. The van der Waals surface area contributed by atoms with Gasteiger partial charge in [-0.2, -0.15) is 0 Å². The molecular weight excluding hydrogens is 328 g/mol. The van der Waals surface area contributed by atoms with Crippen LogP contribution in [0.2, 0.25) is 0 Å². The molecule has 3 atom stereocenters.